The molecule has 0 aliphatic heterocycles. The van der Waals surface area contributed by atoms with Crippen molar-refractivity contribution < 1.29 is 17.9 Å². The van der Waals surface area contributed by atoms with Crippen LogP contribution in [0.15, 0.2) is 42.5 Å². The number of amides is 1. The molecule has 0 bridgehead atoms. The van der Waals surface area contributed by atoms with Gasteiger partial charge in [-0.15, -0.1) is 0 Å². The Hall–Kier alpha value is -2.54. The smallest absolute Gasteiger partial charge is 0.243 e. The van der Waals surface area contributed by atoms with Gasteiger partial charge in [-0.25, -0.2) is 8.42 Å². The summed E-state index contributed by atoms with van der Waals surface area (Å²) in [4.78, 5) is 12.7. The quantitative estimate of drug-likeness (QED) is 0.713. The highest BCUT2D eigenvalue weighted by atomic mass is 32.2. The van der Waals surface area contributed by atoms with Crippen LogP contribution in [0.3, 0.4) is 0 Å². The molecule has 2 aromatic carbocycles. The first-order chi connectivity index (χ1) is 13.5. The number of rotatable bonds is 8. The molecule has 0 spiro atoms. The first-order valence-corrected chi connectivity index (χ1v) is 11.4. The van der Waals surface area contributed by atoms with E-state index in [0.717, 1.165) is 33.0 Å². The summed E-state index contributed by atoms with van der Waals surface area (Å²) in [6.07, 6.45) is 1.11. The summed E-state index contributed by atoms with van der Waals surface area (Å²) in [6.45, 7) is 9.55. The Labute approximate surface area is 173 Å². The molecular formula is C22H30N2O4S. The largest absolute Gasteiger partial charge is 0.491 e. The average molecular weight is 419 g/mol. The number of benzene rings is 2. The van der Waals surface area contributed by atoms with Gasteiger partial charge in [-0.1, -0.05) is 23.8 Å². The molecule has 1 amide bonds. The number of nitrogens with zero attached hydrogens (tertiary/aromatic N) is 1. The monoisotopic (exact) mass is 418 g/mol. The minimum atomic E-state index is -3.65. The van der Waals surface area contributed by atoms with Crippen LogP contribution in [0.5, 0.6) is 5.75 Å². The fraction of sp³-hybridized carbons (Fsp3) is 0.409. The van der Waals surface area contributed by atoms with Crippen molar-refractivity contribution in [3.8, 4) is 5.75 Å². The first kappa shape index (κ1) is 22.7. The van der Waals surface area contributed by atoms with Gasteiger partial charge in [0.15, 0.2) is 0 Å². The van der Waals surface area contributed by atoms with Crippen molar-refractivity contribution in [3.63, 3.8) is 0 Å². The molecule has 0 saturated carbocycles. The van der Waals surface area contributed by atoms with Crippen molar-refractivity contribution in [1.82, 2.24) is 5.32 Å². The molecule has 0 heterocycles. The molecule has 7 heteroatoms. The number of anilines is 1. The Morgan fingerprint density at radius 1 is 1.03 bits per heavy atom. The zero-order valence-corrected chi connectivity index (χ0v) is 18.7. The van der Waals surface area contributed by atoms with Gasteiger partial charge < -0.3 is 10.1 Å². The minimum Gasteiger partial charge on any atom is -0.491 e. The van der Waals surface area contributed by atoms with Crippen molar-refractivity contribution in [3.05, 3.63) is 59.2 Å². The predicted molar refractivity (Wildman–Crippen MR) is 117 cm³/mol. The van der Waals surface area contributed by atoms with Crippen molar-refractivity contribution in [2.45, 2.75) is 46.7 Å². The normalized spacial score (nSPS) is 13.4. The van der Waals surface area contributed by atoms with Crippen molar-refractivity contribution in [1.29, 1.82) is 0 Å². The lowest BCUT2D eigenvalue weighted by Gasteiger charge is -2.29. The lowest BCUT2D eigenvalue weighted by atomic mass is 10.1. The Kier molecular flexibility index (Phi) is 7.30. The molecule has 0 unspecified atom stereocenters. The van der Waals surface area contributed by atoms with E-state index in [1.165, 1.54) is 0 Å². The number of aryl methyl sites for hydroxylation is 3. The standard InChI is InChI=1S/C22H30N2O4S/c1-15-7-11-21(12-8-15)28-14-18(4)23-22(25)19(5)24(29(6,26)27)20-10-9-16(2)17(3)13-20/h7-13,18-19H,14H2,1-6H3,(H,23,25)/t18-,19+/m0/s1. The Morgan fingerprint density at radius 3 is 2.21 bits per heavy atom. The van der Waals surface area contributed by atoms with Gasteiger partial charge in [-0.3, -0.25) is 9.10 Å². The molecule has 2 atom stereocenters. The maximum atomic E-state index is 12.7. The molecule has 0 saturated heterocycles. The molecular weight excluding hydrogens is 388 g/mol. The molecule has 0 fully saturated rings. The zero-order valence-electron chi connectivity index (χ0n) is 17.9. The summed E-state index contributed by atoms with van der Waals surface area (Å²) >= 11 is 0. The third kappa shape index (κ3) is 6.22. The van der Waals surface area contributed by atoms with E-state index in [2.05, 4.69) is 5.32 Å². The predicted octanol–water partition coefficient (Wildman–Crippen LogP) is 3.35. The van der Waals surface area contributed by atoms with Gasteiger partial charge in [0.1, 0.15) is 18.4 Å². The van der Waals surface area contributed by atoms with Crippen LogP contribution in [0.4, 0.5) is 5.69 Å². The van der Waals surface area contributed by atoms with Gasteiger partial charge >= 0.3 is 0 Å². The minimum absolute atomic E-state index is 0.282. The second-order valence-electron chi connectivity index (χ2n) is 7.54. The number of ether oxygens (including phenoxy) is 1. The number of hydrogen-bond donors (Lipinski definition) is 1. The Bertz CT molecular complexity index is 955. The van der Waals surface area contributed by atoms with E-state index < -0.39 is 16.1 Å². The highest BCUT2D eigenvalue weighted by molar-refractivity contribution is 7.92. The molecule has 0 aliphatic rings. The zero-order chi connectivity index (χ0) is 21.8. The van der Waals surface area contributed by atoms with Crippen molar-refractivity contribution in [2.75, 3.05) is 17.2 Å². The van der Waals surface area contributed by atoms with Gasteiger partial charge in [0.05, 0.1) is 18.0 Å². The molecule has 6 nitrogen and oxygen atoms in total. The van der Waals surface area contributed by atoms with Gasteiger partial charge in [0.25, 0.3) is 0 Å². The Morgan fingerprint density at radius 2 is 1.66 bits per heavy atom. The van der Waals surface area contributed by atoms with Crippen molar-refractivity contribution >= 4 is 21.6 Å². The fourth-order valence-electron chi connectivity index (χ4n) is 2.93. The lowest BCUT2D eigenvalue weighted by Crippen LogP contribution is -2.50. The topological polar surface area (TPSA) is 75.7 Å². The second-order valence-corrected chi connectivity index (χ2v) is 9.40. The number of carbonyl (C=O) groups is 1. The van der Waals surface area contributed by atoms with Gasteiger partial charge in [0.2, 0.25) is 15.9 Å². The van der Waals surface area contributed by atoms with Crippen LogP contribution in [0.2, 0.25) is 0 Å². The summed E-state index contributed by atoms with van der Waals surface area (Å²) in [5, 5.41) is 2.84. The summed E-state index contributed by atoms with van der Waals surface area (Å²) < 4.78 is 31.7. The Balaban J connectivity index is 2.08. The number of hydrogen-bond acceptors (Lipinski definition) is 4. The molecule has 0 aromatic heterocycles. The van der Waals surface area contributed by atoms with E-state index in [4.69, 9.17) is 4.74 Å². The third-order valence-electron chi connectivity index (χ3n) is 4.74. The van der Waals surface area contributed by atoms with Crippen LogP contribution in [-0.4, -0.2) is 39.3 Å². The summed E-state index contributed by atoms with van der Waals surface area (Å²) in [7, 11) is -3.65. The molecule has 0 radical (unpaired) electrons. The van der Waals surface area contributed by atoms with Crippen LogP contribution in [-0.2, 0) is 14.8 Å². The highest BCUT2D eigenvalue weighted by Gasteiger charge is 2.30. The summed E-state index contributed by atoms with van der Waals surface area (Å²) in [5.74, 6) is 0.339. The maximum absolute atomic E-state index is 12.7. The summed E-state index contributed by atoms with van der Waals surface area (Å²) in [5.41, 5.74) is 3.63. The number of sulfonamides is 1. The SMILES string of the molecule is Cc1ccc(OC[C@H](C)NC(=O)[C@@H](C)N(c2ccc(C)c(C)c2)S(C)(=O)=O)cc1. The van der Waals surface area contributed by atoms with Crippen LogP contribution in [0.1, 0.15) is 30.5 Å². The molecule has 158 valence electrons. The van der Waals surface area contributed by atoms with E-state index in [0.29, 0.717) is 5.69 Å². The van der Waals surface area contributed by atoms with Crippen LogP contribution in [0.25, 0.3) is 0 Å². The van der Waals surface area contributed by atoms with E-state index in [-0.39, 0.29) is 18.6 Å². The molecule has 2 aromatic rings. The fourth-order valence-corrected chi connectivity index (χ4v) is 4.10. The molecule has 2 rings (SSSR count). The van der Waals surface area contributed by atoms with Crippen LogP contribution >= 0.6 is 0 Å². The van der Waals surface area contributed by atoms with Crippen LogP contribution in [0, 0.1) is 20.8 Å². The van der Waals surface area contributed by atoms with E-state index in [9.17, 15) is 13.2 Å². The molecule has 0 aliphatic carbocycles. The van der Waals surface area contributed by atoms with E-state index in [1.807, 2.05) is 58.0 Å². The lowest BCUT2D eigenvalue weighted by molar-refractivity contribution is -0.122. The summed E-state index contributed by atoms with van der Waals surface area (Å²) in [6, 6.07) is 11.8. The third-order valence-corrected chi connectivity index (χ3v) is 5.98. The second kappa shape index (κ2) is 9.31. The molecule has 1 N–H and O–H groups in total. The first-order valence-electron chi connectivity index (χ1n) is 9.55. The number of carbonyl (C=O) groups excluding carboxylic acids is 1. The van der Waals surface area contributed by atoms with Crippen molar-refractivity contribution in [2.24, 2.45) is 0 Å². The van der Waals surface area contributed by atoms with Crippen LogP contribution < -0.4 is 14.4 Å². The maximum Gasteiger partial charge on any atom is 0.243 e. The average Bonchev–Trinajstić information content (AvgIpc) is 2.63. The van der Waals surface area contributed by atoms with E-state index in [1.54, 1.807) is 19.1 Å². The number of nitrogens with one attached hydrogen (secondary N) is 1. The molecule has 29 heavy (non-hydrogen) atoms. The van der Waals surface area contributed by atoms with E-state index >= 15 is 0 Å². The van der Waals surface area contributed by atoms with Gasteiger partial charge in [-0.2, -0.15) is 0 Å². The highest BCUT2D eigenvalue weighted by Crippen LogP contribution is 2.23. The van der Waals surface area contributed by atoms with Gasteiger partial charge in [-0.05, 0) is 70.0 Å². The van der Waals surface area contributed by atoms with Gasteiger partial charge in [0, 0.05) is 0 Å².